The van der Waals surface area contributed by atoms with Crippen LogP contribution in [0, 0.1) is 5.92 Å². The van der Waals surface area contributed by atoms with Gasteiger partial charge >= 0.3 is 17.9 Å². The van der Waals surface area contributed by atoms with E-state index in [9.17, 15) is 14.4 Å². The van der Waals surface area contributed by atoms with E-state index in [4.69, 9.17) is 14.2 Å². The first kappa shape index (κ1) is 32.1. The molecule has 6 heteroatoms. The molecule has 0 bridgehead atoms. The highest BCUT2D eigenvalue weighted by atomic mass is 16.6. The second-order valence-corrected chi connectivity index (χ2v) is 10.1. The van der Waals surface area contributed by atoms with Gasteiger partial charge in [-0.05, 0) is 36.8 Å². The smallest absolute Gasteiger partial charge is 0.320 e. The van der Waals surface area contributed by atoms with Crippen molar-refractivity contribution in [1.82, 2.24) is 0 Å². The normalized spacial score (nSPS) is 11.0. The number of unbranched alkanes of at least 4 members (excludes halogenated alkanes) is 5. The van der Waals surface area contributed by atoms with Crippen molar-refractivity contribution in [3.05, 3.63) is 71.8 Å². The molecule has 0 aliphatic carbocycles. The van der Waals surface area contributed by atoms with Gasteiger partial charge in [0.2, 0.25) is 0 Å². The van der Waals surface area contributed by atoms with Gasteiger partial charge in [0.15, 0.2) is 5.92 Å². The third-order valence-corrected chi connectivity index (χ3v) is 6.70. The molecule has 2 aromatic rings. The summed E-state index contributed by atoms with van der Waals surface area (Å²) >= 11 is 0. The van der Waals surface area contributed by atoms with Gasteiger partial charge in [-0.2, -0.15) is 0 Å². The summed E-state index contributed by atoms with van der Waals surface area (Å²) in [5, 5.41) is 0. The summed E-state index contributed by atoms with van der Waals surface area (Å²) in [4.78, 5) is 38.0. The topological polar surface area (TPSA) is 78.9 Å². The number of carbonyl (C=O) groups excluding carboxylic acids is 3. The zero-order valence-electron chi connectivity index (χ0n) is 23.8. The Bertz CT molecular complexity index is 880. The Hall–Kier alpha value is -3.15. The maximum atomic E-state index is 12.8. The van der Waals surface area contributed by atoms with Gasteiger partial charge in [0.1, 0.15) is 19.3 Å². The first-order chi connectivity index (χ1) is 19.0. The average Bonchev–Trinajstić information content (AvgIpc) is 2.96. The van der Waals surface area contributed by atoms with Crippen molar-refractivity contribution in [2.45, 2.75) is 110 Å². The molecule has 0 saturated heterocycles. The highest BCUT2D eigenvalue weighted by Crippen LogP contribution is 2.18. The van der Waals surface area contributed by atoms with Crippen LogP contribution in [0.3, 0.4) is 0 Å². The van der Waals surface area contributed by atoms with Gasteiger partial charge in [-0.25, -0.2) is 0 Å². The van der Waals surface area contributed by atoms with Gasteiger partial charge in [0, 0.05) is 6.42 Å². The molecule has 0 saturated carbocycles. The zero-order chi connectivity index (χ0) is 28.1. The highest BCUT2D eigenvalue weighted by Gasteiger charge is 2.29. The third-order valence-electron chi connectivity index (χ3n) is 6.70. The second kappa shape index (κ2) is 19.9. The van der Waals surface area contributed by atoms with E-state index >= 15 is 0 Å². The fourth-order valence-electron chi connectivity index (χ4n) is 4.33. The van der Waals surface area contributed by atoms with E-state index in [1.54, 1.807) is 0 Å². The maximum Gasteiger partial charge on any atom is 0.320 e. The van der Waals surface area contributed by atoms with Crippen LogP contribution >= 0.6 is 0 Å². The van der Waals surface area contributed by atoms with Crippen LogP contribution in [0.4, 0.5) is 0 Å². The van der Waals surface area contributed by atoms with Gasteiger partial charge in [0.25, 0.3) is 0 Å². The molecular weight excluding hydrogens is 492 g/mol. The van der Waals surface area contributed by atoms with Crippen molar-refractivity contribution in [3.8, 4) is 0 Å². The zero-order valence-corrected chi connectivity index (χ0v) is 23.8. The average molecular weight is 539 g/mol. The molecule has 0 aliphatic rings. The summed E-state index contributed by atoms with van der Waals surface area (Å²) in [6.07, 6.45) is 10.0. The van der Waals surface area contributed by atoms with Crippen molar-refractivity contribution < 1.29 is 28.6 Å². The minimum Gasteiger partial charge on any atom is -0.462 e. The van der Waals surface area contributed by atoms with Gasteiger partial charge in [-0.3, -0.25) is 14.4 Å². The summed E-state index contributed by atoms with van der Waals surface area (Å²) < 4.78 is 16.7. The molecule has 0 N–H and O–H groups in total. The molecule has 0 unspecified atom stereocenters. The van der Waals surface area contributed by atoms with Crippen molar-refractivity contribution >= 4 is 17.9 Å². The molecule has 0 aromatic heterocycles. The second-order valence-electron chi connectivity index (χ2n) is 10.1. The van der Waals surface area contributed by atoms with Crippen LogP contribution < -0.4 is 0 Å². The van der Waals surface area contributed by atoms with Crippen molar-refractivity contribution in [2.24, 2.45) is 5.92 Å². The predicted octanol–water partition coefficient (Wildman–Crippen LogP) is 7.72. The molecule has 214 valence electrons. The Morgan fingerprint density at radius 3 is 1.59 bits per heavy atom. The van der Waals surface area contributed by atoms with E-state index in [0.29, 0.717) is 19.3 Å². The monoisotopic (exact) mass is 538 g/mol. The Morgan fingerprint density at radius 2 is 1.10 bits per heavy atom. The first-order valence-electron chi connectivity index (χ1n) is 14.6. The standard InChI is InChI=1S/C33H46O6/c1-3-5-21-29(22-6-4-2)39-31(34)24-16-8-7-15-23-30(32(35)37-25-27-17-11-9-12-18-27)33(36)38-26-28-19-13-10-14-20-28/h9-14,17-20,29-30H,3-8,15-16,21-26H2,1-2H3. The Balaban J connectivity index is 1.78. The SMILES string of the molecule is CCCCC(CCCC)OC(=O)CCCCCCC(C(=O)OCc1ccccc1)C(=O)OCc1ccccc1. The number of hydrogen-bond donors (Lipinski definition) is 0. The fourth-order valence-corrected chi connectivity index (χ4v) is 4.33. The van der Waals surface area contributed by atoms with Crippen LogP contribution in [0.2, 0.25) is 0 Å². The van der Waals surface area contributed by atoms with Gasteiger partial charge in [-0.1, -0.05) is 119 Å². The number of ether oxygens (including phenoxy) is 3. The minimum absolute atomic E-state index is 0.0296. The number of benzene rings is 2. The molecule has 0 radical (unpaired) electrons. The Morgan fingerprint density at radius 1 is 0.615 bits per heavy atom. The molecule has 0 fully saturated rings. The Kier molecular flexibility index (Phi) is 16.3. The lowest BCUT2D eigenvalue weighted by Crippen LogP contribution is -2.28. The number of rotatable bonds is 20. The molecule has 39 heavy (non-hydrogen) atoms. The fraction of sp³-hybridized carbons (Fsp3) is 0.545. The van der Waals surface area contributed by atoms with Crippen molar-refractivity contribution in [3.63, 3.8) is 0 Å². The highest BCUT2D eigenvalue weighted by molar-refractivity contribution is 5.94. The van der Waals surface area contributed by atoms with Crippen LogP contribution in [-0.4, -0.2) is 24.0 Å². The lowest BCUT2D eigenvalue weighted by molar-refractivity contribution is -0.164. The molecular formula is C33H46O6. The molecule has 0 spiro atoms. The number of carbonyl (C=O) groups is 3. The third kappa shape index (κ3) is 14.0. The van der Waals surface area contributed by atoms with Gasteiger partial charge in [0.05, 0.1) is 0 Å². The van der Waals surface area contributed by atoms with E-state index in [0.717, 1.165) is 68.9 Å². The summed E-state index contributed by atoms with van der Waals surface area (Å²) in [5.41, 5.74) is 1.72. The van der Waals surface area contributed by atoms with Crippen LogP contribution in [-0.2, 0) is 41.8 Å². The summed E-state index contributed by atoms with van der Waals surface area (Å²) in [6.45, 7) is 4.52. The van der Waals surface area contributed by atoms with E-state index in [1.807, 2.05) is 60.7 Å². The summed E-state index contributed by atoms with van der Waals surface area (Å²) in [7, 11) is 0. The van der Waals surface area contributed by atoms with Crippen molar-refractivity contribution in [2.75, 3.05) is 0 Å². The number of esters is 3. The number of hydrogen-bond acceptors (Lipinski definition) is 6. The maximum absolute atomic E-state index is 12.8. The van der Waals surface area contributed by atoms with Gasteiger partial charge in [-0.15, -0.1) is 0 Å². The van der Waals surface area contributed by atoms with Crippen molar-refractivity contribution in [1.29, 1.82) is 0 Å². The molecule has 2 aromatic carbocycles. The lowest BCUT2D eigenvalue weighted by Gasteiger charge is -2.17. The van der Waals surface area contributed by atoms with E-state index in [-0.39, 0.29) is 25.3 Å². The van der Waals surface area contributed by atoms with Crippen LogP contribution in [0.25, 0.3) is 0 Å². The van der Waals surface area contributed by atoms with E-state index < -0.39 is 17.9 Å². The Labute approximate surface area is 234 Å². The largest absolute Gasteiger partial charge is 0.462 e. The molecule has 0 atom stereocenters. The summed E-state index contributed by atoms with van der Waals surface area (Å²) in [5.74, 6) is -2.23. The quantitative estimate of drug-likeness (QED) is 0.0743. The predicted molar refractivity (Wildman–Crippen MR) is 153 cm³/mol. The minimum atomic E-state index is -0.972. The molecule has 2 rings (SSSR count). The van der Waals surface area contributed by atoms with Gasteiger partial charge < -0.3 is 14.2 Å². The molecule has 0 amide bonds. The lowest BCUT2D eigenvalue weighted by atomic mass is 10.0. The molecule has 6 nitrogen and oxygen atoms in total. The molecule has 0 aliphatic heterocycles. The van der Waals surface area contributed by atoms with Crippen LogP contribution in [0.5, 0.6) is 0 Å². The van der Waals surface area contributed by atoms with E-state index in [2.05, 4.69) is 13.8 Å². The van der Waals surface area contributed by atoms with Crippen LogP contribution in [0.15, 0.2) is 60.7 Å². The van der Waals surface area contributed by atoms with E-state index in [1.165, 1.54) is 0 Å². The van der Waals surface area contributed by atoms with Crippen LogP contribution in [0.1, 0.15) is 102 Å². The first-order valence-corrected chi connectivity index (χ1v) is 14.6. The summed E-state index contributed by atoms with van der Waals surface area (Å²) in [6, 6.07) is 18.8. The molecule has 0 heterocycles.